The zero-order valence-electron chi connectivity index (χ0n) is 11.4. The molecule has 1 aromatic rings. The monoisotopic (exact) mass is 276 g/mol. The third-order valence-electron chi connectivity index (χ3n) is 3.42. The number of aryl methyl sites for hydroxylation is 1. The van der Waals surface area contributed by atoms with Crippen molar-refractivity contribution in [2.45, 2.75) is 25.4 Å². The molecule has 1 aromatic carbocycles. The number of benzene rings is 1. The van der Waals surface area contributed by atoms with E-state index in [2.05, 4.69) is 11.4 Å². The van der Waals surface area contributed by atoms with Gasteiger partial charge in [-0.25, -0.2) is 0 Å². The minimum absolute atomic E-state index is 0.378. The lowest BCUT2D eigenvalue weighted by atomic mass is 9.91. The third kappa shape index (κ3) is 4.15. The summed E-state index contributed by atoms with van der Waals surface area (Å²) in [4.78, 5) is 21.4. The van der Waals surface area contributed by atoms with Crippen LogP contribution in [0.15, 0.2) is 24.3 Å². The van der Waals surface area contributed by atoms with Gasteiger partial charge in [0.2, 0.25) is 5.91 Å². The molecule has 0 saturated carbocycles. The van der Waals surface area contributed by atoms with Crippen molar-refractivity contribution in [1.82, 2.24) is 5.32 Å². The molecule has 0 spiro atoms. The highest BCUT2D eigenvalue weighted by Gasteiger charge is 2.17. The van der Waals surface area contributed by atoms with Crippen LogP contribution in [-0.4, -0.2) is 37.5 Å². The van der Waals surface area contributed by atoms with Crippen LogP contribution in [0.4, 0.5) is 0 Å². The molecule has 20 heavy (non-hydrogen) atoms. The van der Waals surface area contributed by atoms with Gasteiger partial charge in [0, 0.05) is 25.9 Å². The van der Waals surface area contributed by atoms with Crippen LogP contribution in [0.5, 0.6) is 0 Å². The van der Waals surface area contributed by atoms with Crippen molar-refractivity contribution in [1.29, 1.82) is 0 Å². The lowest BCUT2D eigenvalue weighted by Crippen LogP contribution is -2.45. The second-order valence-corrected chi connectivity index (χ2v) is 4.95. The van der Waals surface area contributed by atoms with Crippen LogP contribution in [-0.2, 0) is 27.2 Å². The van der Waals surface area contributed by atoms with Gasteiger partial charge in [0.15, 0.2) is 0 Å². The van der Waals surface area contributed by atoms with E-state index in [0.29, 0.717) is 25.4 Å². The van der Waals surface area contributed by atoms with Crippen LogP contribution >= 0.6 is 0 Å². The number of ether oxygens (including phenoxy) is 1. The first-order chi connectivity index (χ1) is 9.66. The average Bonchev–Trinajstić information content (AvgIpc) is 2.48. The molecular weight excluding hydrogens is 256 g/mol. The summed E-state index contributed by atoms with van der Waals surface area (Å²) < 4.78 is 5.00. The first kappa shape index (κ1) is 14.7. The van der Waals surface area contributed by atoms with E-state index in [9.17, 15) is 9.59 Å². The standard InChI is InChI=1S/C10H10O.C5H10N2O2/c11-10-6-5-8-3-1-2-4-9(8)7-10;6-5(8)4-3-7-1-2-9-4/h1-4H,5-7H2;4,7H,1-3H2,(H2,6,8). The summed E-state index contributed by atoms with van der Waals surface area (Å²) in [5.41, 5.74) is 7.54. The van der Waals surface area contributed by atoms with Crippen LogP contribution in [0.2, 0.25) is 0 Å². The highest BCUT2D eigenvalue weighted by molar-refractivity contribution is 5.83. The Morgan fingerprint density at radius 1 is 1.25 bits per heavy atom. The lowest BCUT2D eigenvalue weighted by molar-refractivity contribution is -0.130. The van der Waals surface area contributed by atoms with Gasteiger partial charge >= 0.3 is 0 Å². The molecule has 1 heterocycles. The summed E-state index contributed by atoms with van der Waals surface area (Å²) in [7, 11) is 0. The largest absolute Gasteiger partial charge is 0.367 e. The van der Waals surface area contributed by atoms with Crippen molar-refractivity contribution < 1.29 is 14.3 Å². The molecule has 1 amide bonds. The van der Waals surface area contributed by atoms with Gasteiger partial charge in [-0.2, -0.15) is 0 Å². The van der Waals surface area contributed by atoms with Gasteiger partial charge in [0.1, 0.15) is 11.9 Å². The van der Waals surface area contributed by atoms with Crippen molar-refractivity contribution in [3.8, 4) is 0 Å². The van der Waals surface area contributed by atoms with Crippen molar-refractivity contribution in [3.05, 3.63) is 35.4 Å². The number of nitrogens with two attached hydrogens (primary N) is 1. The number of morpholine rings is 1. The third-order valence-corrected chi connectivity index (χ3v) is 3.42. The van der Waals surface area contributed by atoms with Gasteiger partial charge < -0.3 is 15.8 Å². The predicted octanol–water partition coefficient (Wildman–Crippen LogP) is 0.205. The molecule has 0 aromatic heterocycles. The number of carbonyl (C=O) groups is 2. The predicted molar refractivity (Wildman–Crippen MR) is 75.3 cm³/mol. The summed E-state index contributed by atoms with van der Waals surface area (Å²) in [6, 6.07) is 8.19. The Kier molecular flexibility index (Phi) is 5.26. The normalized spacial score (nSPS) is 21.4. The highest BCUT2D eigenvalue weighted by Crippen LogP contribution is 2.17. The summed E-state index contributed by atoms with van der Waals surface area (Å²) in [6.07, 6.45) is 1.90. The van der Waals surface area contributed by atoms with Crippen molar-refractivity contribution in [2.75, 3.05) is 19.7 Å². The molecule has 5 heteroatoms. The number of amides is 1. The van der Waals surface area contributed by atoms with Crippen molar-refractivity contribution in [2.24, 2.45) is 5.73 Å². The average molecular weight is 276 g/mol. The molecule has 0 radical (unpaired) electrons. The Morgan fingerprint density at radius 3 is 2.60 bits per heavy atom. The molecule has 0 bridgehead atoms. The maximum atomic E-state index is 11.0. The maximum absolute atomic E-state index is 11.0. The van der Waals surface area contributed by atoms with E-state index in [1.165, 1.54) is 11.1 Å². The molecule has 5 nitrogen and oxygen atoms in total. The van der Waals surface area contributed by atoms with Crippen LogP contribution in [0.3, 0.4) is 0 Å². The van der Waals surface area contributed by atoms with Gasteiger partial charge in [0.25, 0.3) is 0 Å². The molecule has 1 aliphatic heterocycles. The van der Waals surface area contributed by atoms with E-state index in [1.54, 1.807) is 0 Å². The minimum atomic E-state index is -0.418. The SMILES string of the molecule is NC(=O)C1CNCCO1.O=C1CCc2ccccc2C1. The van der Waals surface area contributed by atoms with E-state index in [0.717, 1.165) is 19.4 Å². The quantitative estimate of drug-likeness (QED) is 0.768. The number of nitrogens with one attached hydrogen (secondary N) is 1. The second-order valence-electron chi connectivity index (χ2n) is 4.95. The maximum Gasteiger partial charge on any atom is 0.247 e. The fourth-order valence-electron chi connectivity index (χ4n) is 2.30. The van der Waals surface area contributed by atoms with Gasteiger partial charge in [-0.15, -0.1) is 0 Å². The van der Waals surface area contributed by atoms with Crippen LogP contribution < -0.4 is 11.1 Å². The number of hydrogen-bond acceptors (Lipinski definition) is 4. The molecule has 1 aliphatic carbocycles. The molecule has 2 aliphatic rings. The van der Waals surface area contributed by atoms with E-state index in [1.807, 2.05) is 18.2 Å². The summed E-state index contributed by atoms with van der Waals surface area (Å²) in [6.45, 7) is 1.94. The van der Waals surface area contributed by atoms with Gasteiger partial charge in [-0.1, -0.05) is 24.3 Å². The minimum Gasteiger partial charge on any atom is -0.367 e. The smallest absolute Gasteiger partial charge is 0.247 e. The van der Waals surface area contributed by atoms with Crippen LogP contribution in [0.25, 0.3) is 0 Å². The number of carbonyl (C=O) groups excluding carboxylic acids is 2. The summed E-state index contributed by atoms with van der Waals surface area (Å²) in [5, 5.41) is 2.99. The Balaban J connectivity index is 0.000000151. The number of primary amides is 1. The molecular formula is C15H20N2O3. The van der Waals surface area contributed by atoms with E-state index < -0.39 is 6.10 Å². The highest BCUT2D eigenvalue weighted by atomic mass is 16.5. The van der Waals surface area contributed by atoms with Crippen molar-refractivity contribution >= 4 is 11.7 Å². The molecule has 1 fully saturated rings. The van der Waals surface area contributed by atoms with Crippen LogP contribution in [0, 0.1) is 0 Å². The molecule has 1 saturated heterocycles. The molecule has 3 N–H and O–H groups in total. The zero-order valence-corrected chi connectivity index (χ0v) is 11.4. The van der Waals surface area contributed by atoms with Gasteiger partial charge in [-0.3, -0.25) is 9.59 Å². The number of rotatable bonds is 1. The van der Waals surface area contributed by atoms with E-state index in [-0.39, 0.29) is 5.91 Å². The van der Waals surface area contributed by atoms with E-state index in [4.69, 9.17) is 10.5 Å². The fourth-order valence-corrected chi connectivity index (χ4v) is 2.30. The first-order valence-electron chi connectivity index (χ1n) is 6.87. The topological polar surface area (TPSA) is 81.4 Å². The van der Waals surface area contributed by atoms with Crippen molar-refractivity contribution in [3.63, 3.8) is 0 Å². The van der Waals surface area contributed by atoms with Crippen LogP contribution in [0.1, 0.15) is 17.5 Å². The molecule has 1 atom stereocenters. The summed E-state index contributed by atoms with van der Waals surface area (Å²) >= 11 is 0. The zero-order chi connectivity index (χ0) is 14.4. The van der Waals surface area contributed by atoms with Gasteiger partial charge in [-0.05, 0) is 17.5 Å². The Hall–Kier alpha value is -1.72. The molecule has 3 rings (SSSR count). The fraction of sp³-hybridized carbons (Fsp3) is 0.467. The number of Topliss-reactive ketones (excluding diaryl/α,β-unsaturated/α-hetero) is 1. The number of ketones is 1. The number of hydrogen-bond donors (Lipinski definition) is 2. The first-order valence-corrected chi connectivity index (χ1v) is 6.87. The number of fused-ring (bicyclic) bond motifs is 1. The Labute approximate surface area is 118 Å². The Morgan fingerprint density at radius 2 is 2.00 bits per heavy atom. The Bertz CT molecular complexity index is 482. The second kappa shape index (κ2) is 7.17. The lowest BCUT2D eigenvalue weighted by Gasteiger charge is -2.20. The molecule has 108 valence electrons. The molecule has 1 unspecified atom stereocenters. The van der Waals surface area contributed by atoms with E-state index >= 15 is 0 Å². The van der Waals surface area contributed by atoms with Gasteiger partial charge in [0.05, 0.1) is 6.61 Å². The summed E-state index contributed by atoms with van der Waals surface area (Å²) in [5.74, 6) is -0.00843.